The molecule has 4 heteroatoms. The van der Waals surface area contributed by atoms with Crippen molar-refractivity contribution in [3.8, 4) is 0 Å². The van der Waals surface area contributed by atoms with E-state index in [0.29, 0.717) is 18.7 Å². The maximum atomic E-state index is 12.5. The molecule has 1 amide bonds. The second-order valence-electron chi connectivity index (χ2n) is 4.79. The summed E-state index contributed by atoms with van der Waals surface area (Å²) in [5, 5.41) is 0. The minimum absolute atomic E-state index is 0.107. The van der Waals surface area contributed by atoms with Crippen LogP contribution in [0.15, 0.2) is 36.9 Å². The number of hydrogen-bond donors (Lipinski definition) is 0. The lowest BCUT2D eigenvalue weighted by atomic mass is 10.1. The summed E-state index contributed by atoms with van der Waals surface area (Å²) in [6.45, 7) is 8.04. The first-order valence-corrected chi connectivity index (χ1v) is 6.54. The molecule has 0 aliphatic carbocycles. The van der Waals surface area contributed by atoms with Gasteiger partial charge >= 0.3 is 5.97 Å². The summed E-state index contributed by atoms with van der Waals surface area (Å²) in [4.78, 5) is 25.5. The van der Waals surface area contributed by atoms with E-state index < -0.39 is 0 Å². The molecular weight excluding hydrogens is 254 g/mol. The van der Waals surface area contributed by atoms with Gasteiger partial charge in [0, 0.05) is 18.7 Å². The molecule has 0 radical (unpaired) electrons. The van der Waals surface area contributed by atoms with Crippen LogP contribution >= 0.6 is 0 Å². The van der Waals surface area contributed by atoms with E-state index in [1.165, 1.54) is 7.11 Å². The Hall–Kier alpha value is -2.10. The quantitative estimate of drug-likeness (QED) is 0.591. The average molecular weight is 275 g/mol. The van der Waals surface area contributed by atoms with Crippen molar-refractivity contribution in [1.82, 2.24) is 4.90 Å². The van der Waals surface area contributed by atoms with Gasteiger partial charge in [0.15, 0.2) is 0 Å². The van der Waals surface area contributed by atoms with Crippen molar-refractivity contribution < 1.29 is 14.3 Å². The zero-order valence-electron chi connectivity index (χ0n) is 12.3. The van der Waals surface area contributed by atoms with E-state index in [1.807, 2.05) is 25.1 Å². The Kier molecular flexibility index (Phi) is 5.97. The van der Waals surface area contributed by atoms with Gasteiger partial charge in [-0.1, -0.05) is 30.7 Å². The topological polar surface area (TPSA) is 46.6 Å². The fourth-order valence-corrected chi connectivity index (χ4v) is 1.96. The third-order valence-corrected chi connectivity index (χ3v) is 3.00. The van der Waals surface area contributed by atoms with E-state index in [2.05, 4.69) is 6.58 Å². The highest BCUT2D eigenvalue weighted by Crippen LogP contribution is 2.11. The van der Waals surface area contributed by atoms with Gasteiger partial charge in [0.1, 0.15) is 0 Å². The minimum Gasteiger partial charge on any atom is -0.469 e. The summed E-state index contributed by atoms with van der Waals surface area (Å²) in [7, 11) is 1.35. The zero-order chi connectivity index (χ0) is 15.1. The van der Waals surface area contributed by atoms with Crippen molar-refractivity contribution in [2.24, 2.45) is 5.92 Å². The van der Waals surface area contributed by atoms with Crippen LogP contribution < -0.4 is 0 Å². The van der Waals surface area contributed by atoms with Crippen LogP contribution in [0.25, 0.3) is 0 Å². The van der Waals surface area contributed by atoms with Crippen molar-refractivity contribution >= 4 is 11.9 Å². The van der Waals surface area contributed by atoms with E-state index in [1.54, 1.807) is 24.0 Å². The van der Waals surface area contributed by atoms with E-state index in [9.17, 15) is 9.59 Å². The van der Waals surface area contributed by atoms with Gasteiger partial charge < -0.3 is 9.64 Å². The molecule has 0 aliphatic heterocycles. The first-order valence-electron chi connectivity index (χ1n) is 6.54. The van der Waals surface area contributed by atoms with Crippen molar-refractivity contribution in [3.63, 3.8) is 0 Å². The number of carbonyl (C=O) groups excluding carboxylic acids is 2. The standard InChI is InChI=1S/C16H21NO3/c1-5-9-17(11-13(3)16(19)20-4)15(18)14-8-6-7-12(2)10-14/h5-8,10,13H,1,9,11H2,2-4H3. The number of aryl methyl sites for hydroxylation is 1. The predicted molar refractivity (Wildman–Crippen MR) is 78.5 cm³/mol. The maximum absolute atomic E-state index is 12.5. The number of benzene rings is 1. The maximum Gasteiger partial charge on any atom is 0.310 e. The Morgan fingerprint density at radius 1 is 1.45 bits per heavy atom. The smallest absolute Gasteiger partial charge is 0.310 e. The Morgan fingerprint density at radius 3 is 2.70 bits per heavy atom. The first kappa shape index (κ1) is 16.0. The second kappa shape index (κ2) is 7.48. The van der Waals surface area contributed by atoms with E-state index in [0.717, 1.165) is 5.56 Å². The number of carbonyl (C=O) groups is 2. The predicted octanol–water partition coefficient (Wildman–Crippen LogP) is 2.43. The molecule has 0 N–H and O–H groups in total. The van der Waals surface area contributed by atoms with Crippen LogP contribution in [0.2, 0.25) is 0 Å². The lowest BCUT2D eigenvalue weighted by Crippen LogP contribution is -2.37. The van der Waals surface area contributed by atoms with Crippen LogP contribution in [0.4, 0.5) is 0 Å². The normalized spacial score (nSPS) is 11.6. The van der Waals surface area contributed by atoms with Gasteiger partial charge in [0.25, 0.3) is 5.91 Å². The molecule has 0 spiro atoms. The number of esters is 1. The molecule has 0 fully saturated rings. The number of rotatable bonds is 6. The van der Waals surface area contributed by atoms with Crippen LogP contribution in [0.3, 0.4) is 0 Å². The molecule has 1 aromatic rings. The molecule has 0 saturated carbocycles. The van der Waals surface area contributed by atoms with Crippen LogP contribution in [-0.4, -0.2) is 37.0 Å². The van der Waals surface area contributed by atoms with E-state index >= 15 is 0 Å². The summed E-state index contributed by atoms with van der Waals surface area (Å²) in [6.07, 6.45) is 1.65. The lowest BCUT2D eigenvalue weighted by molar-refractivity contribution is -0.145. The molecule has 0 heterocycles. The summed E-state index contributed by atoms with van der Waals surface area (Å²) in [5.41, 5.74) is 1.64. The number of hydrogen-bond acceptors (Lipinski definition) is 3. The van der Waals surface area contributed by atoms with Gasteiger partial charge in [-0.25, -0.2) is 0 Å². The number of ether oxygens (including phenoxy) is 1. The molecule has 4 nitrogen and oxygen atoms in total. The van der Waals surface area contributed by atoms with Crippen molar-refractivity contribution in [2.75, 3.05) is 20.2 Å². The molecule has 108 valence electrons. The molecule has 0 aliphatic rings. The van der Waals surface area contributed by atoms with Gasteiger partial charge in [-0.05, 0) is 19.1 Å². The number of amides is 1. The van der Waals surface area contributed by atoms with Gasteiger partial charge in [0.2, 0.25) is 0 Å². The van der Waals surface area contributed by atoms with Gasteiger partial charge in [-0.2, -0.15) is 0 Å². The fourth-order valence-electron chi connectivity index (χ4n) is 1.96. The van der Waals surface area contributed by atoms with Gasteiger partial charge in [-0.3, -0.25) is 9.59 Å². The average Bonchev–Trinajstić information content (AvgIpc) is 2.45. The summed E-state index contributed by atoms with van der Waals surface area (Å²) >= 11 is 0. The van der Waals surface area contributed by atoms with Crippen LogP contribution in [0, 0.1) is 12.8 Å². The monoisotopic (exact) mass is 275 g/mol. The van der Waals surface area contributed by atoms with Crippen molar-refractivity contribution in [3.05, 3.63) is 48.0 Å². The molecule has 1 unspecified atom stereocenters. The number of nitrogens with zero attached hydrogens (tertiary/aromatic N) is 1. The highest BCUT2D eigenvalue weighted by atomic mass is 16.5. The minimum atomic E-state index is -0.367. The van der Waals surface area contributed by atoms with E-state index in [4.69, 9.17) is 4.74 Å². The Labute approximate surface area is 120 Å². The molecule has 1 rings (SSSR count). The molecular formula is C16H21NO3. The zero-order valence-corrected chi connectivity index (χ0v) is 12.3. The third-order valence-electron chi connectivity index (χ3n) is 3.00. The summed E-state index contributed by atoms with van der Waals surface area (Å²) in [6, 6.07) is 7.39. The molecule has 0 bridgehead atoms. The Morgan fingerprint density at radius 2 is 2.15 bits per heavy atom. The highest BCUT2D eigenvalue weighted by molar-refractivity contribution is 5.94. The fraction of sp³-hybridized carbons (Fsp3) is 0.375. The van der Waals surface area contributed by atoms with E-state index in [-0.39, 0.29) is 17.8 Å². The molecule has 0 saturated heterocycles. The first-order chi connectivity index (χ1) is 9.49. The third kappa shape index (κ3) is 4.23. The SMILES string of the molecule is C=CCN(CC(C)C(=O)OC)C(=O)c1cccc(C)c1. The van der Waals surface area contributed by atoms with Gasteiger partial charge in [-0.15, -0.1) is 6.58 Å². The summed E-state index contributed by atoms with van der Waals surface area (Å²) < 4.78 is 4.69. The molecule has 1 atom stereocenters. The molecule has 0 aromatic heterocycles. The Bertz CT molecular complexity index is 496. The van der Waals surface area contributed by atoms with Crippen LogP contribution in [0.5, 0.6) is 0 Å². The van der Waals surface area contributed by atoms with Crippen LogP contribution in [-0.2, 0) is 9.53 Å². The number of methoxy groups -OCH3 is 1. The highest BCUT2D eigenvalue weighted by Gasteiger charge is 2.21. The van der Waals surface area contributed by atoms with Gasteiger partial charge in [0.05, 0.1) is 13.0 Å². The second-order valence-corrected chi connectivity index (χ2v) is 4.79. The Balaban J connectivity index is 2.87. The molecule has 1 aromatic carbocycles. The lowest BCUT2D eigenvalue weighted by Gasteiger charge is -2.24. The van der Waals surface area contributed by atoms with Crippen molar-refractivity contribution in [1.29, 1.82) is 0 Å². The summed E-state index contributed by atoms with van der Waals surface area (Å²) in [5.74, 6) is -0.797. The van der Waals surface area contributed by atoms with Crippen molar-refractivity contribution in [2.45, 2.75) is 13.8 Å². The largest absolute Gasteiger partial charge is 0.469 e. The van der Waals surface area contributed by atoms with Crippen LogP contribution in [0.1, 0.15) is 22.8 Å². The molecule has 20 heavy (non-hydrogen) atoms.